The topological polar surface area (TPSA) is 29.9 Å². The number of anilines is 1. The van der Waals surface area contributed by atoms with Crippen molar-refractivity contribution in [3.8, 4) is 0 Å². The van der Waals surface area contributed by atoms with Crippen LogP contribution in [0.2, 0.25) is 0 Å². The number of hydrogen-bond donors (Lipinski definition) is 1. The summed E-state index contributed by atoms with van der Waals surface area (Å²) in [6.07, 6.45) is 3.06. The lowest BCUT2D eigenvalue weighted by Gasteiger charge is -2.10. The molecule has 8 heteroatoms. The molecule has 0 aliphatic heterocycles. The van der Waals surface area contributed by atoms with Crippen LogP contribution < -0.4 is 5.32 Å². The molecule has 1 heterocycles. The third-order valence-electron chi connectivity index (χ3n) is 2.86. The van der Waals surface area contributed by atoms with Crippen molar-refractivity contribution >= 4 is 5.69 Å². The molecule has 3 nitrogen and oxygen atoms in total. The Labute approximate surface area is 117 Å². The van der Waals surface area contributed by atoms with Gasteiger partial charge in [-0.1, -0.05) is 0 Å². The van der Waals surface area contributed by atoms with Gasteiger partial charge < -0.3 is 5.32 Å². The summed E-state index contributed by atoms with van der Waals surface area (Å²) in [4.78, 5) is 0. The molecule has 0 unspecified atom stereocenters. The monoisotopic (exact) mass is 305 g/mol. The van der Waals surface area contributed by atoms with Gasteiger partial charge in [-0.15, -0.1) is 0 Å². The first kappa shape index (κ1) is 15.3. The van der Waals surface area contributed by atoms with Crippen molar-refractivity contribution in [2.45, 2.75) is 26.4 Å². The molecule has 1 aromatic carbocycles. The second-order valence-corrected chi connectivity index (χ2v) is 4.72. The lowest BCUT2D eigenvalue weighted by molar-refractivity contribution is 0.381. The number of nitrogens with one attached hydrogen (secondary N) is 1. The quantitative estimate of drug-likeness (QED) is 0.529. The standard InChI is InChI=1S/C13H12F5N3/c1-6(2)21-5-7(4-20-21)3-19-13-11(17)9(15)8(14)10(16)12(13)18/h4-6,19H,3H2,1-2H3. The molecule has 0 radical (unpaired) electrons. The summed E-state index contributed by atoms with van der Waals surface area (Å²) in [5, 5.41) is 6.21. The van der Waals surface area contributed by atoms with E-state index < -0.39 is 34.8 Å². The van der Waals surface area contributed by atoms with E-state index in [-0.39, 0.29) is 12.6 Å². The van der Waals surface area contributed by atoms with E-state index in [9.17, 15) is 22.0 Å². The molecule has 0 aliphatic rings. The van der Waals surface area contributed by atoms with E-state index in [1.54, 1.807) is 10.9 Å². The third-order valence-corrected chi connectivity index (χ3v) is 2.86. The van der Waals surface area contributed by atoms with Gasteiger partial charge in [-0.25, -0.2) is 22.0 Å². The maximum absolute atomic E-state index is 13.4. The normalized spacial score (nSPS) is 11.2. The highest BCUT2D eigenvalue weighted by atomic mass is 19.2. The van der Waals surface area contributed by atoms with Crippen molar-refractivity contribution < 1.29 is 22.0 Å². The molecule has 2 aromatic rings. The Morgan fingerprint density at radius 1 is 1.00 bits per heavy atom. The number of rotatable bonds is 4. The van der Waals surface area contributed by atoms with Gasteiger partial charge in [0.15, 0.2) is 23.3 Å². The minimum Gasteiger partial charge on any atom is -0.376 e. The van der Waals surface area contributed by atoms with Crippen LogP contribution in [-0.2, 0) is 6.54 Å². The van der Waals surface area contributed by atoms with Crippen LogP contribution in [0.5, 0.6) is 0 Å². The molecule has 114 valence electrons. The van der Waals surface area contributed by atoms with Crippen LogP contribution in [-0.4, -0.2) is 9.78 Å². The van der Waals surface area contributed by atoms with Gasteiger partial charge in [0.05, 0.1) is 6.20 Å². The Kier molecular flexibility index (Phi) is 4.15. The fraction of sp³-hybridized carbons (Fsp3) is 0.308. The van der Waals surface area contributed by atoms with Crippen LogP contribution in [0.4, 0.5) is 27.6 Å². The zero-order valence-electron chi connectivity index (χ0n) is 11.2. The molecule has 1 N–H and O–H groups in total. The van der Waals surface area contributed by atoms with Crippen LogP contribution in [0.3, 0.4) is 0 Å². The zero-order valence-corrected chi connectivity index (χ0v) is 11.2. The van der Waals surface area contributed by atoms with E-state index in [1.807, 2.05) is 13.8 Å². The second kappa shape index (κ2) is 5.71. The van der Waals surface area contributed by atoms with Crippen molar-refractivity contribution in [2.24, 2.45) is 0 Å². The van der Waals surface area contributed by atoms with Gasteiger partial charge in [0.2, 0.25) is 5.82 Å². The average Bonchev–Trinajstić information content (AvgIpc) is 2.92. The maximum atomic E-state index is 13.4. The summed E-state index contributed by atoms with van der Waals surface area (Å²) in [6.45, 7) is 3.65. The van der Waals surface area contributed by atoms with Gasteiger partial charge in [-0.3, -0.25) is 4.68 Å². The summed E-state index contributed by atoms with van der Waals surface area (Å²) in [5.74, 6) is -9.91. The molecule has 1 aromatic heterocycles. The van der Waals surface area contributed by atoms with Crippen LogP contribution in [0.25, 0.3) is 0 Å². The van der Waals surface area contributed by atoms with Crippen LogP contribution in [0, 0.1) is 29.1 Å². The number of aromatic nitrogens is 2. The molecule has 21 heavy (non-hydrogen) atoms. The molecule has 0 amide bonds. The Bertz CT molecular complexity index is 637. The summed E-state index contributed by atoms with van der Waals surface area (Å²) in [7, 11) is 0. The van der Waals surface area contributed by atoms with E-state index in [2.05, 4.69) is 10.4 Å². The molecule has 2 rings (SSSR count). The first-order chi connectivity index (χ1) is 9.82. The minimum absolute atomic E-state index is 0.0907. The van der Waals surface area contributed by atoms with Crippen molar-refractivity contribution in [3.63, 3.8) is 0 Å². The predicted octanol–water partition coefficient (Wildman–Crippen LogP) is 3.77. The Hall–Kier alpha value is -2.12. The summed E-state index contributed by atoms with van der Waals surface area (Å²) in [6, 6.07) is 0.0907. The van der Waals surface area contributed by atoms with E-state index >= 15 is 0 Å². The first-order valence-electron chi connectivity index (χ1n) is 6.11. The van der Waals surface area contributed by atoms with Gasteiger partial charge in [0.25, 0.3) is 0 Å². The molecule has 0 saturated carbocycles. The van der Waals surface area contributed by atoms with Crippen molar-refractivity contribution in [3.05, 3.63) is 47.0 Å². The van der Waals surface area contributed by atoms with Gasteiger partial charge in [-0.2, -0.15) is 5.10 Å². The summed E-state index contributed by atoms with van der Waals surface area (Å²) >= 11 is 0. The highest BCUT2D eigenvalue weighted by molar-refractivity contribution is 5.48. The van der Waals surface area contributed by atoms with Gasteiger partial charge >= 0.3 is 0 Å². The Balaban J connectivity index is 2.24. The zero-order chi connectivity index (χ0) is 15.7. The molecule has 0 fully saturated rings. The van der Waals surface area contributed by atoms with E-state index in [1.165, 1.54) is 6.20 Å². The number of halogens is 5. The molecule has 0 aliphatic carbocycles. The number of benzene rings is 1. The fourth-order valence-electron chi connectivity index (χ4n) is 1.70. The molecule has 0 bridgehead atoms. The SMILES string of the molecule is CC(C)n1cc(CNc2c(F)c(F)c(F)c(F)c2F)cn1. The van der Waals surface area contributed by atoms with Gasteiger partial charge in [-0.05, 0) is 13.8 Å². The Morgan fingerprint density at radius 2 is 1.52 bits per heavy atom. The predicted molar refractivity (Wildman–Crippen MR) is 66.2 cm³/mol. The maximum Gasteiger partial charge on any atom is 0.200 e. The van der Waals surface area contributed by atoms with E-state index in [4.69, 9.17) is 0 Å². The lowest BCUT2D eigenvalue weighted by Crippen LogP contribution is -2.09. The summed E-state index contributed by atoms with van der Waals surface area (Å²) in [5.41, 5.74) is -0.503. The number of hydrogen-bond acceptors (Lipinski definition) is 2. The fourth-order valence-corrected chi connectivity index (χ4v) is 1.70. The van der Waals surface area contributed by atoms with Crippen LogP contribution in [0.15, 0.2) is 12.4 Å². The van der Waals surface area contributed by atoms with Gasteiger partial charge in [0.1, 0.15) is 5.69 Å². The lowest BCUT2D eigenvalue weighted by atomic mass is 10.2. The smallest absolute Gasteiger partial charge is 0.200 e. The average molecular weight is 305 g/mol. The third kappa shape index (κ3) is 2.84. The number of nitrogens with zero attached hydrogens (tertiary/aromatic N) is 2. The highest BCUT2D eigenvalue weighted by Gasteiger charge is 2.25. The van der Waals surface area contributed by atoms with E-state index in [0.29, 0.717) is 5.56 Å². The molecule has 0 atom stereocenters. The molecule has 0 spiro atoms. The minimum atomic E-state index is -2.18. The molecular weight excluding hydrogens is 293 g/mol. The summed E-state index contributed by atoms with van der Waals surface area (Å²) < 4.78 is 67.4. The van der Waals surface area contributed by atoms with Crippen molar-refractivity contribution in [1.82, 2.24) is 9.78 Å². The van der Waals surface area contributed by atoms with Crippen LogP contribution >= 0.6 is 0 Å². The second-order valence-electron chi connectivity index (χ2n) is 4.72. The van der Waals surface area contributed by atoms with Gasteiger partial charge in [0, 0.05) is 24.3 Å². The van der Waals surface area contributed by atoms with Crippen LogP contribution in [0.1, 0.15) is 25.5 Å². The molecular formula is C13H12F5N3. The van der Waals surface area contributed by atoms with Crippen molar-refractivity contribution in [2.75, 3.05) is 5.32 Å². The van der Waals surface area contributed by atoms with E-state index in [0.717, 1.165) is 0 Å². The molecule has 0 saturated heterocycles. The first-order valence-corrected chi connectivity index (χ1v) is 6.11. The Morgan fingerprint density at radius 3 is 2.00 bits per heavy atom. The largest absolute Gasteiger partial charge is 0.376 e. The highest BCUT2D eigenvalue weighted by Crippen LogP contribution is 2.27. The van der Waals surface area contributed by atoms with Crippen molar-refractivity contribution in [1.29, 1.82) is 0 Å².